The fourth-order valence-corrected chi connectivity index (χ4v) is 4.83. The number of hydrogen-bond acceptors (Lipinski definition) is 1. The molecule has 0 heterocycles. The zero-order valence-electron chi connectivity index (χ0n) is 19.4. The van der Waals surface area contributed by atoms with Crippen molar-refractivity contribution in [3.8, 4) is 0 Å². The Morgan fingerprint density at radius 2 is 1.18 bits per heavy atom. The van der Waals surface area contributed by atoms with Crippen molar-refractivity contribution >= 4 is 0 Å². The molecule has 0 bridgehead atoms. The molecule has 162 valence electrons. The first kappa shape index (κ1) is 25.2. The normalized spacial score (nSPS) is 13.0. The molecular weight excluding hydrogens is 338 g/mol. The van der Waals surface area contributed by atoms with Crippen molar-refractivity contribution in [2.24, 2.45) is 11.7 Å². The lowest BCUT2D eigenvalue weighted by Crippen LogP contribution is -2.48. The minimum atomic E-state index is 0.0125. The summed E-state index contributed by atoms with van der Waals surface area (Å²) in [4.78, 5) is 0. The maximum Gasteiger partial charge on any atom is 0.0185 e. The Hall–Kier alpha value is -0.820. The largest absolute Gasteiger partial charge is 0.325 e. The van der Waals surface area contributed by atoms with Gasteiger partial charge >= 0.3 is 0 Å². The lowest BCUT2D eigenvalue weighted by atomic mass is 9.72. The van der Waals surface area contributed by atoms with Gasteiger partial charge in [0.2, 0.25) is 0 Å². The second-order valence-electron chi connectivity index (χ2n) is 9.09. The quantitative estimate of drug-likeness (QED) is 0.251. The van der Waals surface area contributed by atoms with Crippen molar-refractivity contribution in [3.63, 3.8) is 0 Å². The van der Waals surface area contributed by atoms with E-state index in [1.54, 1.807) is 0 Å². The third kappa shape index (κ3) is 10.6. The first-order valence-electron chi connectivity index (χ1n) is 12.5. The summed E-state index contributed by atoms with van der Waals surface area (Å²) >= 11 is 0. The Kier molecular flexibility index (Phi) is 14.4. The molecule has 0 aliphatic carbocycles. The van der Waals surface area contributed by atoms with Crippen LogP contribution in [-0.2, 0) is 6.42 Å². The van der Waals surface area contributed by atoms with Crippen molar-refractivity contribution in [2.45, 2.75) is 129 Å². The molecule has 0 fully saturated rings. The van der Waals surface area contributed by atoms with Crippen molar-refractivity contribution in [1.82, 2.24) is 0 Å². The van der Waals surface area contributed by atoms with Crippen molar-refractivity contribution in [1.29, 1.82) is 0 Å². The van der Waals surface area contributed by atoms with Gasteiger partial charge in [0.05, 0.1) is 0 Å². The molecular formula is C27H49N. The van der Waals surface area contributed by atoms with Crippen LogP contribution in [0.5, 0.6) is 0 Å². The minimum absolute atomic E-state index is 0.0125. The summed E-state index contributed by atoms with van der Waals surface area (Å²) in [5, 5.41) is 0. The van der Waals surface area contributed by atoms with Crippen molar-refractivity contribution in [3.05, 3.63) is 35.9 Å². The highest BCUT2D eigenvalue weighted by Crippen LogP contribution is 2.33. The fourth-order valence-electron chi connectivity index (χ4n) is 4.83. The molecule has 1 aromatic carbocycles. The fraction of sp³-hybridized carbons (Fsp3) is 0.778. The van der Waals surface area contributed by atoms with E-state index in [2.05, 4.69) is 51.1 Å². The summed E-state index contributed by atoms with van der Waals surface area (Å²) in [5.41, 5.74) is 8.50. The van der Waals surface area contributed by atoms with Crippen LogP contribution >= 0.6 is 0 Å². The Labute approximate surface area is 176 Å². The van der Waals surface area contributed by atoms with Crippen LogP contribution < -0.4 is 5.73 Å². The van der Waals surface area contributed by atoms with Gasteiger partial charge in [-0.3, -0.25) is 0 Å². The molecule has 28 heavy (non-hydrogen) atoms. The predicted octanol–water partition coefficient (Wildman–Crippen LogP) is 8.45. The smallest absolute Gasteiger partial charge is 0.0185 e. The Bertz CT molecular complexity index is 447. The summed E-state index contributed by atoms with van der Waals surface area (Å²) < 4.78 is 0. The minimum Gasteiger partial charge on any atom is -0.325 e. The highest BCUT2D eigenvalue weighted by Gasteiger charge is 2.32. The highest BCUT2D eigenvalue weighted by atomic mass is 14.8. The second-order valence-corrected chi connectivity index (χ2v) is 9.09. The molecule has 1 unspecified atom stereocenters. The molecule has 1 atom stereocenters. The molecule has 0 aliphatic heterocycles. The molecule has 0 aromatic heterocycles. The van der Waals surface area contributed by atoms with E-state index in [9.17, 15) is 0 Å². The van der Waals surface area contributed by atoms with Gasteiger partial charge in [-0.25, -0.2) is 0 Å². The van der Waals surface area contributed by atoms with E-state index < -0.39 is 0 Å². The van der Waals surface area contributed by atoms with Gasteiger partial charge in [-0.05, 0) is 37.2 Å². The number of rotatable bonds is 18. The number of benzene rings is 1. The molecule has 1 rings (SSSR count). The molecule has 0 spiro atoms. The topological polar surface area (TPSA) is 26.0 Å². The van der Waals surface area contributed by atoms with E-state index in [0.29, 0.717) is 5.92 Å². The highest BCUT2D eigenvalue weighted by molar-refractivity contribution is 5.16. The number of nitrogens with two attached hydrogens (primary N) is 1. The molecule has 1 aromatic rings. The SMILES string of the molecule is CCCCCCCCCCCCC(Cc1ccccc1)C(N)(CCC)CCC. The van der Waals surface area contributed by atoms with Gasteiger partial charge in [0, 0.05) is 5.54 Å². The zero-order chi connectivity index (χ0) is 20.5. The molecule has 0 saturated carbocycles. The standard InChI is InChI=1S/C27H49N/c1-4-7-8-9-10-11-12-13-14-18-21-26(24-25-19-16-15-17-20-25)27(28,22-5-2)23-6-3/h15-17,19-20,26H,4-14,18,21-24,28H2,1-3H3. The van der Waals surface area contributed by atoms with E-state index >= 15 is 0 Å². The van der Waals surface area contributed by atoms with Crippen LogP contribution in [0.2, 0.25) is 0 Å². The van der Waals surface area contributed by atoms with Gasteiger partial charge in [0.15, 0.2) is 0 Å². The van der Waals surface area contributed by atoms with Crippen LogP contribution in [0.25, 0.3) is 0 Å². The van der Waals surface area contributed by atoms with E-state index in [1.807, 2.05) is 0 Å². The van der Waals surface area contributed by atoms with Crippen LogP contribution in [0.3, 0.4) is 0 Å². The van der Waals surface area contributed by atoms with Crippen molar-refractivity contribution < 1.29 is 0 Å². The Morgan fingerprint density at radius 1 is 0.679 bits per heavy atom. The second kappa shape index (κ2) is 16.0. The summed E-state index contributed by atoms with van der Waals surface area (Å²) in [6.45, 7) is 6.87. The van der Waals surface area contributed by atoms with Crippen molar-refractivity contribution in [2.75, 3.05) is 0 Å². The van der Waals surface area contributed by atoms with E-state index in [-0.39, 0.29) is 5.54 Å². The van der Waals surface area contributed by atoms with Gasteiger partial charge in [0.1, 0.15) is 0 Å². The van der Waals surface area contributed by atoms with Crippen LogP contribution in [-0.4, -0.2) is 5.54 Å². The summed E-state index contributed by atoms with van der Waals surface area (Å²) in [6.07, 6.45) is 21.2. The first-order valence-corrected chi connectivity index (χ1v) is 12.5. The van der Waals surface area contributed by atoms with Gasteiger partial charge in [0.25, 0.3) is 0 Å². The summed E-state index contributed by atoms with van der Waals surface area (Å²) in [5.74, 6) is 0.615. The average Bonchev–Trinajstić information content (AvgIpc) is 2.69. The maximum absolute atomic E-state index is 7.03. The third-order valence-corrected chi connectivity index (χ3v) is 6.48. The lowest BCUT2D eigenvalue weighted by Gasteiger charge is -2.38. The molecule has 1 heteroatoms. The zero-order valence-corrected chi connectivity index (χ0v) is 19.4. The maximum atomic E-state index is 7.03. The molecule has 2 N–H and O–H groups in total. The van der Waals surface area contributed by atoms with Gasteiger partial charge < -0.3 is 5.73 Å². The number of hydrogen-bond donors (Lipinski definition) is 1. The van der Waals surface area contributed by atoms with E-state index in [0.717, 1.165) is 19.3 Å². The van der Waals surface area contributed by atoms with Crippen LogP contribution in [0.15, 0.2) is 30.3 Å². The van der Waals surface area contributed by atoms with Gasteiger partial charge in [-0.1, -0.05) is 128 Å². The van der Waals surface area contributed by atoms with Gasteiger partial charge in [-0.2, -0.15) is 0 Å². The third-order valence-electron chi connectivity index (χ3n) is 6.48. The molecule has 0 saturated heterocycles. The van der Waals surface area contributed by atoms with E-state index in [1.165, 1.54) is 89.0 Å². The van der Waals surface area contributed by atoms with Gasteiger partial charge in [-0.15, -0.1) is 0 Å². The monoisotopic (exact) mass is 387 g/mol. The predicted molar refractivity (Wildman–Crippen MR) is 127 cm³/mol. The Morgan fingerprint density at radius 3 is 1.68 bits per heavy atom. The number of unbranched alkanes of at least 4 members (excludes halogenated alkanes) is 9. The first-order chi connectivity index (χ1) is 13.7. The summed E-state index contributed by atoms with van der Waals surface area (Å²) in [6, 6.07) is 11.0. The molecule has 0 amide bonds. The van der Waals surface area contributed by atoms with Crippen LogP contribution in [0.1, 0.15) is 123 Å². The lowest BCUT2D eigenvalue weighted by molar-refractivity contribution is 0.211. The molecule has 0 radical (unpaired) electrons. The molecule has 0 aliphatic rings. The molecule has 1 nitrogen and oxygen atoms in total. The van der Waals surface area contributed by atoms with Crippen LogP contribution in [0, 0.1) is 5.92 Å². The average molecular weight is 388 g/mol. The van der Waals surface area contributed by atoms with Crippen LogP contribution in [0.4, 0.5) is 0 Å². The van der Waals surface area contributed by atoms with E-state index in [4.69, 9.17) is 5.73 Å². The summed E-state index contributed by atoms with van der Waals surface area (Å²) in [7, 11) is 0. The Balaban J connectivity index is 2.43.